The van der Waals surface area contributed by atoms with Crippen molar-refractivity contribution in [2.24, 2.45) is 0 Å². The van der Waals surface area contributed by atoms with Gasteiger partial charge in [-0.25, -0.2) is 0 Å². The first kappa shape index (κ1) is 20.0. The van der Waals surface area contributed by atoms with Crippen LogP contribution < -0.4 is 14.9 Å². The van der Waals surface area contributed by atoms with Crippen LogP contribution in [0.15, 0.2) is 59.5 Å². The molecule has 0 aliphatic carbocycles. The number of hydrogen-bond acceptors (Lipinski definition) is 6. The van der Waals surface area contributed by atoms with Gasteiger partial charge in [-0.15, -0.1) is 0 Å². The summed E-state index contributed by atoms with van der Waals surface area (Å²) in [5.41, 5.74) is 0.449. The van der Waals surface area contributed by atoms with Crippen LogP contribution >= 0.6 is 0 Å². The molecule has 2 aliphatic heterocycles. The number of rotatable bonds is 3. The third-order valence-electron chi connectivity index (χ3n) is 5.78. The van der Waals surface area contributed by atoms with Gasteiger partial charge in [-0.05, 0) is 24.3 Å². The van der Waals surface area contributed by atoms with Crippen LogP contribution in [-0.4, -0.2) is 70.3 Å². The Balaban J connectivity index is 1.20. The SMILES string of the molecule is O=C(Cn1ncc(=O)c2ccccc21)N1CCN(C(=O)[C@H]2COc3ccccc3O2)CC1. The third-order valence-corrected chi connectivity index (χ3v) is 5.78. The number of nitrogens with zero attached hydrogens (tertiary/aromatic N) is 4. The number of amides is 2. The maximum absolute atomic E-state index is 12.9. The molecule has 0 radical (unpaired) electrons. The Morgan fingerprint density at radius 2 is 1.62 bits per heavy atom. The topological polar surface area (TPSA) is 94.0 Å². The van der Waals surface area contributed by atoms with Crippen molar-refractivity contribution in [3.05, 3.63) is 65.0 Å². The molecule has 1 atom stereocenters. The molecule has 0 bridgehead atoms. The summed E-state index contributed by atoms with van der Waals surface area (Å²) in [4.78, 5) is 41.1. The summed E-state index contributed by atoms with van der Waals surface area (Å²) in [5.74, 6) is 0.951. The molecule has 2 aromatic carbocycles. The molecule has 32 heavy (non-hydrogen) atoms. The van der Waals surface area contributed by atoms with Crippen LogP contribution in [0.1, 0.15) is 0 Å². The van der Waals surface area contributed by atoms with Gasteiger partial charge in [0.1, 0.15) is 13.2 Å². The van der Waals surface area contributed by atoms with E-state index in [-0.39, 0.29) is 30.4 Å². The summed E-state index contributed by atoms with van der Waals surface area (Å²) in [6.45, 7) is 1.89. The van der Waals surface area contributed by atoms with E-state index in [1.165, 1.54) is 6.20 Å². The summed E-state index contributed by atoms with van der Waals surface area (Å²) in [6, 6.07) is 14.4. The van der Waals surface area contributed by atoms with Crippen LogP contribution in [0, 0.1) is 0 Å². The lowest BCUT2D eigenvalue weighted by molar-refractivity contribution is -0.146. The molecule has 3 aromatic rings. The van der Waals surface area contributed by atoms with Crippen molar-refractivity contribution in [3.8, 4) is 11.5 Å². The number of hydrogen-bond donors (Lipinski definition) is 0. The molecule has 0 spiro atoms. The maximum atomic E-state index is 12.9. The maximum Gasteiger partial charge on any atom is 0.267 e. The van der Waals surface area contributed by atoms with Gasteiger partial charge >= 0.3 is 0 Å². The first-order valence-corrected chi connectivity index (χ1v) is 10.5. The fourth-order valence-corrected chi connectivity index (χ4v) is 4.04. The lowest BCUT2D eigenvalue weighted by Crippen LogP contribution is -2.55. The van der Waals surface area contributed by atoms with E-state index in [9.17, 15) is 14.4 Å². The highest BCUT2D eigenvalue weighted by Crippen LogP contribution is 2.31. The van der Waals surface area contributed by atoms with Gasteiger partial charge in [0, 0.05) is 31.6 Å². The normalized spacial score (nSPS) is 17.9. The largest absolute Gasteiger partial charge is 0.485 e. The van der Waals surface area contributed by atoms with E-state index in [1.54, 1.807) is 44.8 Å². The van der Waals surface area contributed by atoms with Crippen molar-refractivity contribution in [1.29, 1.82) is 0 Å². The summed E-state index contributed by atoms with van der Waals surface area (Å²) in [6.07, 6.45) is 0.542. The Morgan fingerprint density at radius 1 is 0.938 bits per heavy atom. The van der Waals surface area contributed by atoms with Gasteiger partial charge in [0.25, 0.3) is 5.91 Å². The van der Waals surface area contributed by atoms with E-state index < -0.39 is 6.10 Å². The van der Waals surface area contributed by atoms with Crippen molar-refractivity contribution in [3.63, 3.8) is 0 Å². The quantitative estimate of drug-likeness (QED) is 0.608. The number of benzene rings is 2. The monoisotopic (exact) mass is 434 g/mol. The summed E-state index contributed by atoms with van der Waals surface area (Å²) in [7, 11) is 0. The van der Waals surface area contributed by atoms with Gasteiger partial charge in [-0.3, -0.25) is 19.1 Å². The van der Waals surface area contributed by atoms with Crippen molar-refractivity contribution < 1.29 is 19.1 Å². The summed E-state index contributed by atoms with van der Waals surface area (Å²) in [5, 5.41) is 4.66. The van der Waals surface area contributed by atoms with E-state index in [0.717, 1.165) is 0 Å². The van der Waals surface area contributed by atoms with Crippen molar-refractivity contribution in [2.75, 3.05) is 32.8 Å². The number of fused-ring (bicyclic) bond motifs is 2. The van der Waals surface area contributed by atoms with Gasteiger partial charge in [0.05, 0.1) is 11.7 Å². The van der Waals surface area contributed by atoms with E-state index in [1.807, 2.05) is 18.2 Å². The van der Waals surface area contributed by atoms with Gasteiger partial charge < -0.3 is 19.3 Å². The van der Waals surface area contributed by atoms with E-state index in [4.69, 9.17) is 9.47 Å². The van der Waals surface area contributed by atoms with Gasteiger partial charge in [0.2, 0.25) is 17.4 Å². The van der Waals surface area contributed by atoms with Crippen LogP contribution in [0.2, 0.25) is 0 Å². The molecule has 1 saturated heterocycles. The Hall–Kier alpha value is -3.88. The van der Waals surface area contributed by atoms with E-state index in [0.29, 0.717) is 48.6 Å². The zero-order chi connectivity index (χ0) is 22.1. The Labute approximate surface area is 183 Å². The van der Waals surface area contributed by atoms with Crippen LogP contribution in [0.3, 0.4) is 0 Å². The van der Waals surface area contributed by atoms with Gasteiger partial charge in [-0.1, -0.05) is 24.3 Å². The molecule has 5 rings (SSSR count). The molecular formula is C23H22N4O5. The van der Waals surface area contributed by atoms with Gasteiger partial charge in [-0.2, -0.15) is 5.10 Å². The highest BCUT2D eigenvalue weighted by molar-refractivity contribution is 5.83. The number of ether oxygens (including phenoxy) is 2. The molecule has 2 amide bonds. The molecule has 9 nitrogen and oxygen atoms in total. The Morgan fingerprint density at radius 3 is 2.44 bits per heavy atom. The molecule has 3 heterocycles. The average molecular weight is 434 g/mol. The minimum Gasteiger partial charge on any atom is -0.485 e. The highest BCUT2D eigenvalue weighted by Gasteiger charge is 2.33. The molecule has 164 valence electrons. The predicted molar refractivity (Wildman–Crippen MR) is 116 cm³/mol. The second-order valence-electron chi connectivity index (χ2n) is 7.75. The van der Waals surface area contributed by atoms with Crippen molar-refractivity contribution >= 4 is 22.7 Å². The second-order valence-corrected chi connectivity index (χ2v) is 7.75. The molecule has 1 aromatic heterocycles. The summed E-state index contributed by atoms with van der Waals surface area (Å²) >= 11 is 0. The molecule has 1 fully saturated rings. The van der Waals surface area contributed by atoms with Crippen LogP contribution in [0.5, 0.6) is 11.5 Å². The standard InChI is InChI=1S/C23H22N4O5/c28-18-13-24-27(17-6-2-1-5-16(17)18)14-22(29)25-9-11-26(12-10-25)23(30)21-15-31-19-7-3-4-8-20(19)32-21/h1-8,13,21H,9-12,14-15H2/t21-/m1/s1. The molecule has 2 aliphatic rings. The molecule has 0 N–H and O–H groups in total. The fourth-order valence-electron chi connectivity index (χ4n) is 4.04. The number of carbonyl (C=O) groups excluding carboxylic acids is 2. The zero-order valence-electron chi connectivity index (χ0n) is 17.3. The van der Waals surface area contributed by atoms with Gasteiger partial charge in [0.15, 0.2) is 11.5 Å². The Bertz CT molecular complexity index is 1230. The number of carbonyl (C=O) groups is 2. The fraction of sp³-hybridized carbons (Fsp3) is 0.304. The highest BCUT2D eigenvalue weighted by atomic mass is 16.6. The smallest absolute Gasteiger partial charge is 0.267 e. The number of piperazine rings is 1. The number of aromatic nitrogens is 2. The van der Waals surface area contributed by atoms with E-state index >= 15 is 0 Å². The molecule has 0 unspecified atom stereocenters. The van der Waals surface area contributed by atoms with E-state index in [2.05, 4.69) is 5.10 Å². The lowest BCUT2D eigenvalue weighted by atomic mass is 10.2. The first-order chi connectivity index (χ1) is 15.6. The second kappa shape index (κ2) is 8.33. The Kier molecular flexibility index (Phi) is 5.22. The zero-order valence-corrected chi connectivity index (χ0v) is 17.3. The van der Waals surface area contributed by atoms with Crippen LogP contribution in [0.4, 0.5) is 0 Å². The first-order valence-electron chi connectivity index (χ1n) is 10.5. The van der Waals surface area contributed by atoms with Crippen LogP contribution in [-0.2, 0) is 16.1 Å². The predicted octanol–water partition coefficient (Wildman–Crippen LogP) is 0.907. The minimum atomic E-state index is -0.691. The average Bonchev–Trinajstić information content (AvgIpc) is 2.85. The van der Waals surface area contributed by atoms with Crippen LogP contribution in [0.25, 0.3) is 10.9 Å². The molecule has 0 saturated carbocycles. The molecular weight excluding hydrogens is 412 g/mol. The number of para-hydroxylation sites is 3. The third kappa shape index (κ3) is 3.77. The lowest BCUT2D eigenvalue weighted by Gasteiger charge is -2.37. The molecule has 9 heteroatoms. The summed E-state index contributed by atoms with van der Waals surface area (Å²) < 4.78 is 13.0. The minimum absolute atomic E-state index is 0.0328. The van der Waals surface area contributed by atoms with Crippen molar-refractivity contribution in [2.45, 2.75) is 12.6 Å². The van der Waals surface area contributed by atoms with Crippen molar-refractivity contribution in [1.82, 2.24) is 19.6 Å².